The van der Waals surface area contributed by atoms with E-state index in [-0.39, 0.29) is 23.2 Å². The Morgan fingerprint density at radius 1 is 0.863 bits per heavy atom. The number of hydrogen-bond donors (Lipinski definition) is 0. The van der Waals surface area contributed by atoms with Crippen molar-refractivity contribution in [2.45, 2.75) is 32.1 Å². The van der Waals surface area contributed by atoms with Crippen molar-refractivity contribution in [3.63, 3.8) is 0 Å². The molecule has 3 aromatic carbocycles. The van der Waals surface area contributed by atoms with E-state index < -0.39 is 23.0 Å². The molecule has 0 radical (unpaired) electrons. The van der Waals surface area contributed by atoms with Crippen LogP contribution in [0.1, 0.15) is 42.5 Å². The first-order chi connectivity index (χ1) is 24.7. The van der Waals surface area contributed by atoms with Crippen molar-refractivity contribution in [1.29, 1.82) is 0 Å². The summed E-state index contributed by atoms with van der Waals surface area (Å²) in [5.74, 6) is 1.33. The predicted molar refractivity (Wildman–Crippen MR) is 194 cm³/mol. The lowest BCUT2D eigenvalue weighted by Crippen LogP contribution is -2.67. The van der Waals surface area contributed by atoms with Crippen LogP contribution in [-0.2, 0) is 0 Å². The van der Waals surface area contributed by atoms with Gasteiger partial charge in [0.2, 0.25) is 5.43 Å². The second-order valence-corrected chi connectivity index (χ2v) is 13.4. The molecular weight excluding hydrogens is 654 g/mol. The molecule has 9 nitrogen and oxygen atoms in total. The molecule has 4 aromatic rings. The number of methoxy groups -OCH3 is 2. The molecular formula is C40H45F2N4O5+. The maximum atomic E-state index is 14.2. The minimum absolute atomic E-state index is 0.110. The van der Waals surface area contributed by atoms with Crippen molar-refractivity contribution in [2.75, 3.05) is 78.1 Å². The van der Waals surface area contributed by atoms with Gasteiger partial charge in [-0.05, 0) is 43.5 Å². The zero-order chi connectivity index (χ0) is 36.0. The van der Waals surface area contributed by atoms with Gasteiger partial charge in [0, 0.05) is 61.5 Å². The molecule has 7 rings (SSSR count). The Balaban J connectivity index is 1.22. The number of carbonyl (C=O) groups is 1. The quantitative estimate of drug-likeness (QED) is 0.0857. The van der Waals surface area contributed by atoms with Gasteiger partial charge in [0.15, 0.2) is 0 Å². The van der Waals surface area contributed by atoms with E-state index >= 15 is 0 Å². The summed E-state index contributed by atoms with van der Waals surface area (Å²) in [6.07, 6.45) is 12.6. The summed E-state index contributed by atoms with van der Waals surface area (Å²) >= 11 is 0. The van der Waals surface area contributed by atoms with Gasteiger partial charge in [0.05, 0.1) is 70.4 Å². The Morgan fingerprint density at radius 3 is 2.16 bits per heavy atom. The van der Waals surface area contributed by atoms with Gasteiger partial charge in [-0.3, -0.25) is 19.4 Å². The summed E-state index contributed by atoms with van der Waals surface area (Å²) in [5, 5.41) is 0.238. The molecule has 2 bridgehead atoms. The number of aromatic nitrogens is 1. The highest BCUT2D eigenvalue weighted by molar-refractivity contribution is 6.08. The molecule has 3 aliphatic heterocycles. The lowest BCUT2D eigenvalue weighted by Gasteiger charge is -2.50. The highest BCUT2D eigenvalue weighted by Crippen LogP contribution is 2.30. The van der Waals surface area contributed by atoms with Gasteiger partial charge in [-0.1, -0.05) is 18.8 Å². The average Bonchev–Trinajstić information content (AvgIpc) is 3.14. The smallest absolute Gasteiger partial charge is 0.264 e. The van der Waals surface area contributed by atoms with E-state index in [4.69, 9.17) is 20.6 Å². The van der Waals surface area contributed by atoms with Gasteiger partial charge in [0.25, 0.3) is 5.91 Å². The van der Waals surface area contributed by atoms with Crippen LogP contribution in [-0.4, -0.2) is 93.0 Å². The third kappa shape index (κ3) is 8.19. The van der Waals surface area contributed by atoms with Crippen LogP contribution in [0, 0.1) is 24.0 Å². The number of fused-ring (bicyclic) bond motifs is 4. The first-order valence-electron chi connectivity index (χ1n) is 17.6. The molecule has 3 aliphatic rings. The molecule has 3 fully saturated rings. The monoisotopic (exact) mass is 699 g/mol. The number of terminal acetylenes is 1. The van der Waals surface area contributed by atoms with Crippen molar-refractivity contribution in [3.8, 4) is 35.3 Å². The van der Waals surface area contributed by atoms with Gasteiger partial charge in [-0.15, -0.1) is 6.42 Å². The Bertz CT molecular complexity index is 1930. The minimum atomic E-state index is -0.884. The molecule has 1 amide bonds. The van der Waals surface area contributed by atoms with E-state index in [1.54, 1.807) is 41.0 Å². The molecule has 0 N–H and O–H groups in total. The van der Waals surface area contributed by atoms with Crippen molar-refractivity contribution < 1.29 is 32.3 Å². The van der Waals surface area contributed by atoms with Crippen LogP contribution in [0.25, 0.3) is 16.6 Å². The molecule has 4 heterocycles. The molecule has 1 aromatic heterocycles. The molecule has 0 atom stereocenters. The van der Waals surface area contributed by atoms with E-state index in [1.165, 1.54) is 90.0 Å². The normalized spacial score (nSPS) is 18.0. The average molecular weight is 700 g/mol. The number of carbonyl (C=O) groups excluding carboxylic acids is 1. The maximum Gasteiger partial charge on any atom is 0.264 e. The van der Waals surface area contributed by atoms with Crippen molar-refractivity contribution >= 4 is 22.5 Å². The van der Waals surface area contributed by atoms with E-state index in [9.17, 15) is 18.4 Å². The second-order valence-electron chi connectivity index (χ2n) is 13.4. The fourth-order valence-electron chi connectivity index (χ4n) is 7.24. The fourth-order valence-corrected chi connectivity index (χ4v) is 7.24. The van der Waals surface area contributed by atoms with E-state index in [1.807, 2.05) is 0 Å². The number of pyridine rings is 1. The molecule has 3 saturated heterocycles. The number of halogens is 2. The number of ether oxygens (including phenoxy) is 3. The number of amides is 1. The Hall–Kier alpha value is -4.92. The van der Waals surface area contributed by atoms with Crippen LogP contribution in [0.3, 0.4) is 0 Å². The van der Waals surface area contributed by atoms with Crippen LogP contribution in [0.2, 0.25) is 0 Å². The van der Waals surface area contributed by atoms with Crippen LogP contribution in [0.5, 0.6) is 17.2 Å². The number of hydrogen-bond acceptors (Lipinski definition) is 6. The Labute approximate surface area is 297 Å². The molecule has 0 aliphatic carbocycles. The molecule has 0 spiro atoms. The molecule has 11 heteroatoms. The number of piperazine rings is 3. The first kappa shape index (κ1) is 35.9. The number of nitrogens with zero attached hydrogens (tertiary/aromatic N) is 4. The Morgan fingerprint density at radius 2 is 1.51 bits per heavy atom. The van der Waals surface area contributed by atoms with Gasteiger partial charge in [-0.25, -0.2) is 8.78 Å². The molecule has 0 saturated carbocycles. The summed E-state index contributed by atoms with van der Waals surface area (Å²) < 4.78 is 48.5. The highest BCUT2D eigenvalue weighted by Gasteiger charge is 2.37. The van der Waals surface area contributed by atoms with Crippen molar-refractivity contribution in [2.24, 2.45) is 0 Å². The number of unbranched alkanes of at least 4 members (excludes halogenated alkanes) is 4. The minimum Gasteiger partial charge on any atom is -0.497 e. The van der Waals surface area contributed by atoms with Gasteiger partial charge < -0.3 is 23.3 Å². The van der Waals surface area contributed by atoms with Crippen molar-refractivity contribution in [1.82, 2.24) is 9.47 Å². The van der Waals surface area contributed by atoms with E-state index in [2.05, 4.69) is 10.8 Å². The topological polar surface area (TPSA) is 73.2 Å². The molecule has 0 unspecified atom stereocenters. The number of anilines is 1. The highest BCUT2D eigenvalue weighted by atomic mass is 19.1. The molecule has 268 valence electrons. The summed E-state index contributed by atoms with van der Waals surface area (Å²) in [4.78, 5) is 31.5. The maximum absolute atomic E-state index is 14.2. The van der Waals surface area contributed by atoms with Gasteiger partial charge in [-0.2, -0.15) is 0 Å². The third-order valence-corrected chi connectivity index (χ3v) is 10.2. The summed E-state index contributed by atoms with van der Waals surface area (Å²) in [6, 6.07) is 13.0. The lowest BCUT2D eigenvalue weighted by atomic mass is 10.1. The van der Waals surface area contributed by atoms with Crippen LogP contribution in [0.15, 0.2) is 65.6 Å². The summed E-state index contributed by atoms with van der Waals surface area (Å²) in [6.45, 7) is 9.15. The van der Waals surface area contributed by atoms with Crippen LogP contribution >= 0.6 is 0 Å². The number of quaternary nitrogens is 1. The predicted octanol–water partition coefficient (Wildman–Crippen LogP) is 6.04. The fraction of sp³-hybridized carbons (Fsp3) is 0.400. The van der Waals surface area contributed by atoms with Crippen LogP contribution in [0.4, 0.5) is 14.5 Å². The standard InChI is InChI=1S/C40H45F2N4O5/c1-4-12-44(31-22-29(41)21-30(42)23-31)40(48)37-28-45(32-24-34(49-2)26-35(25-32)50-3)38-27-33(10-11-36(38)39(37)47)51-20-9-7-5-6-8-16-46-17-13-43(14-18-46)15-19-46/h1,10-11,21-28H,5-9,12-20H2,2-3H3/q+1. The van der Waals surface area contributed by atoms with Crippen molar-refractivity contribution in [3.05, 3.63) is 88.2 Å². The Kier molecular flexibility index (Phi) is 11.2. The first-order valence-corrected chi connectivity index (χ1v) is 17.6. The molecule has 51 heavy (non-hydrogen) atoms. The van der Waals surface area contributed by atoms with E-state index in [0.717, 1.165) is 29.9 Å². The summed E-state index contributed by atoms with van der Waals surface area (Å²) in [5.41, 5.74) is 0.103. The third-order valence-electron chi connectivity index (χ3n) is 10.2. The SMILES string of the molecule is C#CCN(C(=O)c1cn(-c2cc(OC)cc(OC)c2)c2cc(OCCCCCCC[N+]34CCN(CC3)CC4)ccc2c1=O)c1cc(F)cc(F)c1. The summed E-state index contributed by atoms with van der Waals surface area (Å²) in [7, 11) is 3.05. The lowest BCUT2D eigenvalue weighted by molar-refractivity contribution is -0.941. The van der Waals surface area contributed by atoms with Gasteiger partial charge >= 0.3 is 0 Å². The zero-order valence-electron chi connectivity index (χ0n) is 29.3. The van der Waals surface area contributed by atoms with Gasteiger partial charge in [0.1, 0.15) is 34.4 Å². The second kappa shape index (κ2) is 16.0. The van der Waals surface area contributed by atoms with E-state index in [0.29, 0.717) is 41.1 Å². The number of rotatable bonds is 15. The largest absolute Gasteiger partial charge is 0.497 e. The zero-order valence-corrected chi connectivity index (χ0v) is 29.3. The number of benzene rings is 3. The van der Waals surface area contributed by atoms with Crippen LogP contribution < -0.4 is 24.5 Å².